The lowest BCUT2D eigenvalue weighted by Gasteiger charge is -2.11. The fourth-order valence-corrected chi connectivity index (χ4v) is 2.53. The van der Waals surface area contributed by atoms with Crippen LogP contribution in [0.15, 0.2) is 73.0 Å². The highest BCUT2D eigenvalue weighted by atomic mass is 35.5. The van der Waals surface area contributed by atoms with Crippen molar-refractivity contribution in [2.24, 2.45) is 5.73 Å². The van der Waals surface area contributed by atoms with Crippen LogP contribution in [0.3, 0.4) is 0 Å². The number of carbonyl (C=O) groups is 1. The van der Waals surface area contributed by atoms with Gasteiger partial charge in [-0.2, -0.15) is 0 Å². The molecule has 2 amide bonds. The Bertz CT molecular complexity index is 863. The van der Waals surface area contributed by atoms with Crippen molar-refractivity contribution in [1.29, 1.82) is 0 Å². The SMILES string of the molecule is C=C/C=C(\C=C(\C)N)c1ccc(NC(=O)Nc2cc(Cl)ccc2C)cc1. The predicted molar refractivity (Wildman–Crippen MR) is 111 cm³/mol. The summed E-state index contributed by atoms with van der Waals surface area (Å²) in [5, 5.41) is 6.17. The molecule has 0 aliphatic carbocycles. The first kappa shape index (κ1) is 19.3. The molecule has 0 saturated heterocycles. The molecule has 0 aromatic heterocycles. The van der Waals surface area contributed by atoms with E-state index in [0.717, 1.165) is 16.7 Å². The molecule has 0 radical (unpaired) electrons. The summed E-state index contributed by atoms with van der Waals surface area (Å²) in [7, 11) is 0. The van der Waals surface area contributed by atoms with Gasteiger partial charge in [0.2, 0.25) is 0 Å². The van der Waals surface area contributed by atoms with E-state index < -0.39 is 0 Å². The first-order chi connectivity index (χ1) is 12.4. The zero-order valence-electron chi connectivity index (χ0n) is 14.8. The molecule has 0 aliphatic heterocycles. The van der Waals surface area contributed by atoms with E-state index >= 15 is 0 Å². The molecule has 0 bridgehead atoms. The Balaban J connectivity index is 2.10. The molecule has 5 heteroatoms. The van der Waals surface area contributed by atoms with Crippen LogP contribution in [0.25, 0.3) is 5.57 Å². The second kappa shape index (κ2) is 8.92. The molecule has 0 fully saturated rings. The predicted octanol–water partition coefficient (Wildman–Crippen LogP) is 5.72. The van der Waals surface area contributed by atoms with Gasteiger partial charge in [0.25, 0.3) is 0 Å². The molecule has 0 unspecified atom stereocenters. The van der Waals surface area contributed by atoms with Crippen LogP contribution in [-0.4, -0.2) is 6.03 Å². The Labute approximate surface area is 159 Å². The fraction of sp³-hybridized carbons (Fsp3) is 0.0952. The van der Waals surface area contributed by atoms with Gasteiger partial charge in [0.1, 0.15) is 0 Å². The molecule has 0 saturated carbocycles. The van der Waals surface area contributed by atoms with Crippen LogP contribution < -0.4 is 16.4 Å². The van der Waals surface area contributed by atoms with E-state index in [1.54, 1.807) is 18.2 Å². The molecule has 2 aromatic carbocycles. The van der Waals surface area contributed by atoms with Crippen molar-refractivity contribution in [3.63, 3.8) is 0 Å². The lowest BCUT2D eigenvalue weighted by molar-refractivity contribution is 0.262. The van der Waals surface area contributed by atoms with Crippen LogP contribution in [-0.2, 0) is 0 Å². The van der Waals surface area contributed by atoms with Gasteiger partial charge in [-0.1, -0.05) is 48.5 Å². The highest BCUT2D eigenvalue weighted by Crippen LogP contribution is 2.22. The maximum absolute atomic E-state index is 12.2. The van der Waals surface area contributed by atoms with E-state index in [0.29, 0.717) is 22.1 Å². The molecule has 2 aromatic rings. The number of urea groups is 1. The zero-order chi connectivity index (χ0) is 19.1. The Hall–Kier alpha value is -2.98. The minimum Gasteiger partial charge on any atom is -0.402 e. The molecule has 4 N–H and O–H groups in total. The summed E-state index contributed by atoms with van der Waals surface area (Å²) in [6.45, 7) is 7.45. The summed E-state index contributed by atoms with van der Waals surface area (Å²) in [6.07, 6.45) is 5.47. The van der Waals surface area contributed by atoms with Gasteiger partial charge in [-0.25, -0.2) is 4.79 Å². The number of amides is 2. The summed E-state index contributed by atoms with van der Waals surface area (Å²) in [6, 6.07) is 12.5. The number of nitrogens with one attached hydrogen (secondary N) is 2. The second-order valence-corrected chi connectivity index (χ2v) is 6.30. The van der Waals surface area contributed by atoms with E-state index in [1.165, 1.54) is 0 Å². The van der Waals surface area contributed by atoms with Gasteiger partial charge in [-0.05, 0) is 60.9 Å². The maximum atomic E-state index is 12.2. The smallest absolute Gasteiger partial charge is 0.323 e. The number of rotatable bonds is 5. The normalized spacial score (nSPS) is 11.8. The summed E-state index contributed by atoms with van der Waals surface area (Å²) < 4.78 is 0. The summed E-state index contributed by atoms with van der Waals surface area (Å²) in [4.78, 5) is 12.2. The number of hydrogen-bond donors (Lipinski definition) is 3. The molecule has 0 aliphatic rings. The van der Waals surface area contributed by atoms with Gasteiger partial charge in [0, 0.05) is 22.1 Å². The van der Waals surface area contributed by atoms with Gasteiger partial charge in [0.15, 0.2) is 0 Å². The summed E-state index contributed by atoms with van der Waals surface area (Å²) in [5.41, 5.74) is 10.7. The van der Waals surface area contributed by atoms with Crippen molar-refractivity contribution in [2.45, 2.75) is 13.8 Å². The van der Waals surface area contributed by atoms with Crippen LogP contribution in [0.4, 0.5) is 16.2 Å². The van der Waals surface area contributed by atoms with Crippen molar-refractivity contribution in [3.8, 4) is 0 Å². The number of nitrogens with two attached hydrogens (primary N) is 1. The van der Waals surface area contributed by atoms with E-state index in [4.69, 9.17) is 17.3 Å². The van der Waals surface area contributed by atoms with Crippen LogP contribution >= 0.6 is 11.6 Å². The number of hydrogen-bond acceptors (Lipinski definition) is 2. The van der Waals surface area contributed by atoms with Gasteiger partial charge in [0.05, 0.1) is 0 Å². The van der Waals surface area contributed by atoms with Gasteiger partial charge in [-0.15, -0.1) is 0 Å². The molecule has 0 spiro atoms. The molecule has 4 nitrogen and oxygen atoms in total. The molecule has 0 atom stereocenters. The molecule has 2 rings (SSSR count). The Morgan fingerprint density at radius 1 is 1.15 bits per heavy atom. The van der Waals surface area contributed by atoms with E-state index in [-0.39, 0.29) is 6.03 Å². The van der Waals surface area contributed by atoms with Crippen molar-refractivity contribution in [3.05, 3.63) is 89.1 Å². The highest BCUT2D eigenvalue weighted by molar-refractivity contribution is 6.31. The maximum Gasteiger partial charge on any atom is 0.323 e. The van der Waals surface area contributed by atoms with Crippen LogP contribution in [0.1, 0.15) is 18.1 Å². The minimum absolute atomic E-state index is 0.331. The van der Waals surface area contributed by atoms with Gasteiger partial charge < -0.3 is 16.4 Å². The lowest BCUT2D eigenvalue weighted by Crippen LogP contribution is -2.19. The lowest BCUT2D eigenvalue weighted by atomic mass is 10.0. The van der Waals surface area contributed by atoms with Crippen LogP contribution in [0.2, 0.25) is 5.02 Å². The Kier molecular flexibility index (Phi) is 6.64. The fourth-order valence-electron chi connectivity index (χ4n) is 2.36. The van der Waals surface area contributed by atoms with Gasteiger partial charge in [-0.3, -0.25) is 0 Å². The third kappa shape index (κ3) is 5.53. The third-order valence-corrected chi connectivity index (χ3v) is 3.84. The average molecular weight is 368 g/mol. The Morgan fingerprint density at radius 2 is 1.85 bits per heavy atom. The molecule has 134 valence electrons. The monoisotopic (exact) mass is 367 g/mol. The third-order valence-electron chi connectivity index (χ3n) is 3.60. The molecule has 26 heavy (non-hydrogen) atoms. The number of anilines is 2. The first-order valence-corrected chi connectivity index (χ1v) is 8.48. The summed E-state index contributed by atoms with van der Waals surface area (Å²) >= 11 is 5.97. The van der Waals surface area contributed by atoms with Crippen molar-refractivity contribution < 1.29 is 4.79 Å². The second-order valence-electron chi connectivity index (χ2n) is 5.86. The topological polar surface area (TPSA) is 67.1 Å². The van der Waals surface area contributed by atoms with Crippen LogP contribution in [0.5, 0.6) is 0 Å². The zero-order valence-corrected chi connectivity index (χ0v) is 15.6. The van der Waals surface area contributed by atoms with Gasteiger partial charge >= 0.3 is 6.03 Å². The quantitative estimate of drug-likeness (QED) is 0.591. The number of benzene rings is 2. The number of aryl methyl sites for hydroxylation is 1. The minimum atomic E-state index is -0.331. The average Bonchev–Trinajstić information content (AvgIpc) is 2.58. The Morgan fingerprint density at radius 3 is 2.46 bits per heavy atom. The van der Waals surface area contributed by atoms with E-state index in [1.807, 2.05) is 56.3 Å². The summed E-state index contributed by atoms with van der Waals surface area (Å²) in [5.74, 6) is 0. The van der Waals surface area contributed by atoms with Crippen molar-refractivity contribution in [1.82, 2.24) is 0 Å². The molecular formula is C21H22ClN3O. The molecule has 0 heterocycles. The van der Waals surface area contributed by atoms with Crippen LogP contribution in [0, 0.1) is 6.92 Å². The number of carbonyl (C=O) groups excluding carboxylic acids is 1. The number of halogens is 1. The highest BCUT2D eigenvalue weighted by Gasteiger charge is 2.06. The largest absolute Gasteiger partial charge is 0.402 e. The van der Waals surface area contributed by atoms with E-state index in [9.17, 15) is 4.79 Å². The molecular weight excluding hydrogens is 346 g/mol. The first-order valence-electron chi connectivity index (χ1n) is 8.10. The van der Waals surface area contributed by atoms with Crippen molar-refractivity contribution >= 4 is 34.6 Å². The standard InChI is InChI=1S/C21H22ClN3O/c1-4-5-17(12-15(3)23)16-7-10-19(11-8-16)24-21(26)25-20-13-18(22)9-6-14(20)2/h4-13H,1,23H2,2-3H3,(H2,24,25,26)/b15-12-,17-5+. The van der Waals surface area contributed by atoms with E-state index in [2.05, 4.69) is 17.2 Å². The van der Waals surface area contributed by atoms with Crippen molar-refractivity contribution in [2.75, 3.05) is 10.6 Å². The number of allylic oxidation sites excluding steroid dienone is 5.